The van der Waals surface area contributed by atoms with Gasteiger partial charge in [-0.25, -0.2) is 4.79 Å². The highest BCUT2D eigenvalue weighted by Crippen LogP contribution is 2.21. The van der Waals surface area contributed by atoms with Gasteiger partial charge in [0.1, 0.15) is 0 Å². The standard InChI is InChI=1S/C20H31N3O2/c1-16(24)18-9-12-22(13-10-18)20(25)21-14-19-8-5-11-23(19)15-17-6-3-2-4-7-17/h2-4,6-7,16,18-19,24H,5,8-15H2,1H3,(H,21,25). The molecule has 0 saturated carbocycles. The van der Waals surface area contributed by atoms with Gasteiger partial charge in [0.25, 0.3) is 0 Å². The van der Waals surface area contributed by atoms with Crippen LogP contribution in [0.25, 0.3) is 0 Å². The molecule has 0 radical (unpaired) electrons. The van der Waals surface area contributed by atoms with E-state index < -0.39 is 0 Å². The van der Waals surface area contributed by atoms with Crippen molar-refractivity contribution in [3.8, 4) is 0 Å². The highest BCUT2D eigenvalue weighted by molar-refractivity contribution is 5.74. The molecule has 2 fully saturated rings. The van der Waals surface area contributed by atoms with Crippen LogP contribution in [0.2, 0.25) is 0 Å². The second-order valence-corrected chi connectivity index (χ2v) is 7.50. The first kappa shape index (κ1) is 18.2. The van der Waals surface area contributed by atoms with Gasteiger partial charge in [-0.05, 0) is 50.6 Å². The summed E-state index contributed by atoms with van der Waals surface area (Å²) in [5, 5.41) is 12.8. The van der Waals surface area contributed by atoms with E-state index in [4.69, 9.17) is 0 Å². The maximum absolute atomic E-state index is 12.4. The van der Waals surface area contributed by atoms with Crippen LogP contribution in [0.1, 0.15) is 38.2 Å². The lowest BCUT2D eigenvalue weighted by atomic mass is 9.92. The third kappa shape index (κ3) is 4.95. The highest BCUT2D eigenvalue weighted by Gasteiger charge is 2.28. The molecule has 3 rings (SSSR count). The van der Waals surface area contributed by atoms with Gasteiger partial charge >= 0.3 is 6.03 Å². The molecule has 1 aromatic carbocycles. The first-order valence-electron chi connectivity index (χ1n) is 9.62. The SMILES string of the molecule is CC(O)C1CCN(C(=O)NCC2CCCN2Cc2ccccc2)CC1. The molecule has 2 aliphatic heterocycles. The lowest BCUT2D eigenvalue weighted by Crippen LogP contribution is -2.48. The van der Waals surface area contributed by atoms with Crippen LogP contribution in [-0.2, 0) is 6.54 Å². The molecule has 0 aliphatic carbocycles. The third-order valence-corrected chi connectivity index (χ3v) is 5.73. The highest BCUT2D eigenvalue weighted by atomic mass is 16.3. The first-order valence-corrected chi connectivity index (χ1v) is 9.62. The summed E-state index contributed by atoms with van der Waals surface area (Å²) in [5.74, 6) is 0.334. The smallest absolute Gasteiger partial charge is 0.317 e. The third-order valence-electron chi connectivity index (χ3n) is 5.73. The zero-order valence-corrected chi connectivity index (χ0v) is 15.2. The van der Waals surface area contributed by atoms with E-state index in [1.165, 1.54) is 12.0 Å². The second kappa shape index (κ2) is 8.68. The van der Waals surface area contributed by atoms with Gasteiger partial charge in [-0.3, -0.25) is 4.90 Å². The Hall–Kier alpha value is -1.59. The number of piperidine rings is 1. The van der Waals surface area contributed by atoms with Crippen LogP contribution >= 0.6 is 0 Å². The normalized spacial score (nSPS) is 23.6. The van der Waals surface area contributed by atoms with E-state index in [0.717, 1.165) is 52.0 Å². The summed E-state index contributed by atoms with van der Waals surface area (Å²) in [5.41, 5.74) is 1.33. The van der Waals surface area contributed by atoms with Crippen LogP contribution in [0.5, 0.6) is 0 Å². The van der Waals surface area contributed by atoms with Crippen molar-refractivity contribution < 1.29 is 9.90 Å². The van der Waals surface area contributed by atoms with Gasteiger partial charge in [0, 0.05) is 32.2 Å². The van der Waals surface area contributed by atoms with E-state index in [9.17, 15) is 9.90 Å². The molecule has 2 amide bonds. The Morgan fingerprint density at radius 1 is 1.20 bits per heavy atom. The Kier molecular flexibility index (Phi) is 6.32. The molecule has 2 aliphatic rings. The summed E-state index contributed by atoms with van der Waals surface area (Å²) in [4.78, 5) is 16.8. The van der Waals surface area contributed by atoms with E-state index >= 15 is 0 Å². The van der Waals surface area contributed by atoms with Crippen molar-refractivity contribution in [1.29, 1.82) is 0 Å². The van der Waals surface area contributed by atoms with Gasteiger partial charge < -0.3 is 15.3 Å². The quantitative estimate of drug-likeness (QED) is 0.862. The average molecular weight is 345 g/mol. The molecular weight excluding hydrogens is 314 g/mol. The molecule has 2 heterocycles. The fourth-order valence-electron chi connectivity index (χ4n) is 4.05. The van der Waals surface area contributed by atoms with Crippen molar-refractivity contribution in [1.82, 2.24) is 15.1 Å². The van der Waals surface area contributed by atoms with Crippen molar-refractivity contribution in [2.75, 3.05) is 26.2 Å². The Morgan fingerprint density at radius 2 is 1.92 bits per heavy atom. The zero-order chi connectivity index (χ0) is 17.6. The number of nitrogens with one attached hydrogen (secondary N) is 1. The molecule has 2 saturated heterocycles. The fourth-order valence-corrected chi connectivity index (χ4v) is 4.05. The van der Waals surface area contributed by atoms with Crippen LogP contribution in [0, 0.1) is 5.92 Å². The van der Waals surface area contributed by atoms with Crippen LogP contribution < -0.4 is 5.32 Å². The lowest BCUT2D eigenvalue weighted by Gasteiger charge is -2.34. The molecule has 0 aromatic heterocycles. The minimum Gasteiger partial charge on any atom is -0.393 e. The van der Waals surface area contributed by atoms with E-state index in [0.29, 0.717) is 12.0 Å². The van der Waals surface area contributed by atoms with Crippen LogP contribution in [0.3, 0.4) is 0 Å². The first-order chi connectivity index (χ1) is 12.1. The predicted molar refractivity (Wildman–Crippen MR) is 99.3 cm³/mol. The molecule has 5 nitrogen and oxygen atoms in total. The maximum Gasteiger partial charge on any atom is 0.317 e. The van der Waals surface area contributed by atoms with Crippen LogP contribution in [0.4, 0.5) is 4.79 Å². The summed E-state index contributed by atoms with van der Waals surface area (Å²) in [6, 6.07) is 11.0. The number of likely N-dealkylation sites (tertiary alicyclic amines) is 2. The zero-order valence-electron chi connectivity index (χ0n) is 15.2. The summed E-state index contributed by atoms with van der Waals surface area (Å²) in [6.07, 6.45) is 3.88. The number of aliphatic hydroxyl groups excluding tert-OH is 1. The number of benzene rings is 1. The van der Waals surface area contributed by atoms with Gasteiger partial charge in [-0.15, -0.1) is 0 Å². The van der Waals surface area contributed by atoms with Crippen molar-refractivity contribution in [2.45, 2.75) is 51.3 Å². The Bertz CT molecular complexity index is 541. The Balaban J connectivity index is 1.44. The van der Waals surface area contributed by atoms with Crippen molar-refractivity contribution in [3.63, 3.8) is 0 Å². The topological polar surface area (TPSA) is 55.8 Å². The number of carbonyl (C=O) groups excluding carboxylic acids is 1. The molecule has 5 heteroatoms. The number of urea groups is 1. The molecule has 2 N–H and O–H groups in total. The molecule has 0 bridgehead atoms. The maximum atomic E-state index is 12.4. The van der Waals surface area contributed by atoms with E-state index in [1.807, 2.05) is 17.9 Å². The Labute approximate surface area is 151 Å². The fraction of sp³-hybridized carbons (Fsp3) is 0.650. The number of carbonyl (C=O) groups is 1. The van der Waals surface area contributed by atoms with Gasteiger partial charge in [-0.2, -0.15) is 0 Å². The molecule has 2 unspecified atom stereocenters. The number of hydrogen-bond acceptors (Lipinski definition) is 3. The van der Waals surface area contributed by atoms with Crippen LogP contribution in [-0.4, -0.2) is 59.3 Å². The molecule has 25 heavy (non-hydrogen) atoms. The number of aliphatic hydroxyl groups is 1. The predicted octanol–water partition coefficient (Wildman–Crippen LogP) is 2.45. The summed E-state index contributed by atoms with van der Waals surface area (Å²) in [7, 11) is 0. The Morgan fingerprint density at radius 3 is 2.60 bits per heavy atom. The minimum absolute atomic E-state index is 0.0515. The van der Waals surface area contributed by atoms with E-state index in [2.05, 4.69) is 34.5 Å². The molecular formula is C20H31N3O2. The number of rotatable bonds is 5. The van der Waals surface area contributed by atoms with E-state index in [1.54, 1.807) is 0 Å². The van der Waals surface area contributed by atoms with Gasteiger partial charge in [0.05, 0.1) is 6.10 Å². The summed E-state index contributed by atoms with van der Waals surface area (Å²) < 4.78 is 0. The second-order valence-electron chi connectivity index (χ2n) is 7.50. The summed E-state index contributed by atoms with van der Waals surface area (Å²) >= 11 is 0. The lowest BCUT2D eigenvalue weighted by molar-refractivity contribution is 0.0794. The van der Waals surface area contributed by atoms with Gasteiger partial charge in [0.15, 0.2) is 0 Å². The number of amides is 2. The average Bonchev–Trinajstić information content (AvgIpc) is 3.07. The van der Waals surface area contributed by atoms with Gasteiger partial charge in [-0.1, -0.05) is 30.3 Å². The minimum atomic E-state index is -0.268. The molecule has 2 atom stereocenters. The summed E-state index contributed by atoms with van der Waals surface area (Å²) in [6.45, 7) is 6.14. The van der Waals surface area contributed by atoms with Crippen molar-refractivity contribution >= 4 is 6.03 Å². The molecule has 0 spiro atoms. The van der Waals surface area contributed by atoms with E-state index in [-0.39, 0.29) is 12.1 Å². The number of nitrogens with zero attached hydrogens (tertiary/aromatic N) is 2. The van der Waals surface area contributed by atoms with Gasteiger partial charge in [0.2, 0.25) is 0 Å². The molecule has 1 aromatic rings. The number of hydrogen-bond donors (Lipinski definition) is 2. The van der Waals surface area contributed by atoms with Crippen molar-refractivity contribution in [3.05, 3.63) is 35.9 Å². The van der Waals surface area contributed by atoms with Crippen LogP contribution in [0.15, 0.2) is 30.3 Å². The monoisotopic (exact) mass is 345 g/mol. The largest absolute Gasteiger partial charge is 0.393 e. The van der Waals surface area contributed by atoms with Crippen molar-refractivity contribution in [2.24, 2.45) is 5.92 Å². The molecule has 138 valence electrons.